The molecular weight excluding hydrogens is 422 g/mol. The summed E-state index contributed by atoms with van der Waals surface area (Å²) in [6.07, 6.45) is 0.976. The van der Waals surface area contributed by atoms with Crippen LogP contribution in [-0.2, 0) is 9.10 Å². The predicted octanol–water partition coefficient (Wildman–Crippen LogP) is 4.10. The van der Waals surface area contributed by atoms with Gasteiger partial charge in [-0.3, -0.25) is 0 Å². The fraction of sp³-hybridized carbons (Fsp3) is 1.00. The molecule has 7 heteroatoms. The molecule has 0 aliphatic heterocycles. The van der Waals surface area contributed by atoms with Gasteiger partial charge in [-0.1, -0.05) is 0 Å². The van der Waals surface area contributed by atoms with Gasteiger partial charge in [0.15, 0.2) is 0 Å². The molecule has 0 aromatic rings. The molecule has 0 radical (unpaired) electrons. The zero-order chi connectivity index (χ0) is 9.40. The second-order valence-corrected chi connectivity index (χ2v) is 62.5. The van der Waals surface area contributed by atoms with Crippen molar-refractivity contribution in [1.82, 2.24) is 0 Å². The van der Waals surface area contributed by atoms with Gasteiger partial charge < -0.3 is 0 Å². The first-order valence-corrected chi connectivity index (χ1v) is 24.7. The first-order valence-electron chi connectivity index (χ1n) is 2.98. The Morgan fingerprint density at radius 1 is 1.18 bits per heavy atom. The second kappa shape index (κ2) is 3.08. The van der Waals surface area contributed by atoms with Crippen LogP contribution in [0.1, 0.15) is 19.8 Å². The van der Waals surface area contributed by atoms with Crippen LogP contribution < -0.4 is 0 Å². The summed E-state index contributed by atoms with van der Waals surface area (Å²) in [5.74, 6) is 0. The third-order valence-corrected chi connectivity index (χ3v) is 15.3. The minimum absolute atomic E-state index is 0.308. The molecule has 0 aliphatic carbocycles. The monoisotopic (exact) mass is 429 g/mol. The van der Waals surface area contributed by atoms with Crippen molar-refractivity contribution < 1.29 is 14.2 Å². The van der Waals surface area contributed by atoms with E-state index in [0.29, 0.717) is 12.8 Å². The quantitative estimate of drug-likeness (QED) is 0.714. The summed E-state index contributed by atoms with van der Waals surface area (Å²) in [4.78, 5) is 0. The molecule has 0 aliphatic rings. The maximum absolute atomic E-state index is 9.34. The molecule has 0 saturated heterocycles. The molecule has 0 heterocycles. The van der Waals surface area contributed by atoms with Crippen molar-refractivity contribution in [3.05, 3.63) is 0 Å². The van der Waals surface area contributed by atoms with E-state index in [1.807, 2.05) is 6.92 Å². The molecule has 71 valence electrons. The van der Waals surface area contributed by atoms with E-state index in [2.05, 4.69) is 0 Å². The average Bonchev–Trinajstić information content (AvgIpc) is 1.60. The summed E-state index contributed by atoms with van der Waals surface area (Å²) >= 11 is 0. The van der Waals surface area contributed by atoms with E-state index in [1.165, 1.54) is 0 Å². The third kappa shape index (κ3) is 5.45. The molecule has 0 rings (SSSR count). The Morgan fingerprint density at radius 2 is 1.55 bits per heavy atom. The van der Waals surface area contributed by atoms with E-state index in [4.69, 9.17) is 45.9 Å². The molecule has 0 fully saturated rings. The Kier molecular flexibility index (Phi) is 3.68. The van der Waals surface area contributed by atoms with Crippen LogP contribution in [0.2, 0.25) is 0 Å². The minimum atomic E-state index is -5.75. The SMILES string of the molecule is CCC[CH](O)[Ta]([Cl])([Cl])([Cl])([Cl])[Cl]. The van der Waals surface area contributed by atoms with E-state index in [9.17, 15) is 5.11 Å². The molecule has 0 amide bonds. The fourth-order valence-electron chi connectivity index (χ4n) is 0.502. The molecule has 1 unspecified atom stereocenters. The Bertz CT molecular complexity index is 146. The Balaban J connectivity index is 4.57. The van der Waals surface area contributed by atoms with Gasteiger partial charge in [-0.2, -0.15) is 0 Å². The standard InChI is InChI=1S/C4H9O.5ClH.Ta/c1-2-3-4-5;;;;;;/h4-5H,2-3H2,1H3;5*1H;/q;;;;;;+5/p-5. The maximum atomic E-state index is 9.34. The molecule has 1 nitrogen and oxygen atoms in total. The number of aliphatic hydroxyl groups excluding tert-OH is 1. The Hall–Kier alpha value is 2.15. The first kappa shape index (κ1) is 13.2. The van der Waals surface area contributed by atoms with Crippen LogP contribution in [0.4, 0.5) is 0 Å². The van der Waals surface area contributed by atoms with Gasteiger partial charge in [0.2, 0.25) is 0 Å². The zero-order valence-corrected chi connectivity index (χ0v) is 12.8. The van der Waals surface area contributed by atoms with E-state index >= 15 is 0 Å². The second-order valence-electron chi connectivity index (χ2n) is 2.40. The van der Waals surface area contributed by atoms with Gasteiger partial charge in [-0.05, 0) is 0 Å². The van der Waals surface area contributed by atoms with E-state index < -0.39 is 13.4 Å². The number of aliphatic hydroxyl groups is 1. The van der Waals surface area contributed by atoms with Gasteiger partial charge in [-0.25, -0.2) is 0 Å². The van der Waals surface area contributed by atoms with Crippen molar-refractivity contribution in [2.24, 2.45) is 0 Å². The fourth-order valence-corrected chi connectivity index (χ4v) is 7.18. The van der Waals surface area contributed by atoms with E-state index in [0.717, 1.165) is 0 Å². The van der Waals surface area contributed by atoms with Gasteiger partial charge in [0, 0.05) is 0 Å². The summed E-state index contributed by atoms with van der Waals surface area (Å²) in [7, 11) is 22.2. The zero-order valence-electron chi connectivity index (χ0n) is 5.78. The molecule has 0 saturated carbocycles. The summed E-state index contributed by atoms with van der Waals surface area (Å²) in [5, 5.41) is 9.34. The molecule has 0 spiro atoms. The topological polar surface area (TPSA) is 20.2 Å². The average molecular weight is 431 g/mol. The molecule has 0 aromatic carbocycles. The number of rotatable bonds is 3. The molecule has 0 bridgehead atoms. The number of halogens is 5. The number of hydrogen-bond acceptors (Lipinski definition) is 1. The van der Waals surface area contributed by atoms with Crippen LogP contribution in [0, 0.1) is 0 Å². The number of hydrogen-bond donors (Lipinski definition) is 1. The molecule has 11 heavy (non-hydrogen) atoms. The van der Waals surface area contributed by atoms with Crippen LogP contribution in [-0.4, -0.2) is 9.43 Å². The van der Waals surface area contributed by atoms with E-state index in [1.54, 1.807) is 0 Å². The van der Waals surface area contributed by atoms with Crippen LogP contribution in [0.15, 0.2) is 0 Å². The van der Waals surface area contributed by atoms with Gasteiger partial charge in [0.05, 0.1) is 0 Å². The third-order valence-electron chi connectivity index (χ3n) is 1.11. The van der Waals surface area contributed by atoms with Crippen molar-refractivity contribution >= 4 is 45.9 Å². The summed E-state index contributed by atoms with van der Waals surface area (Å²) in [5.41, 5.74) is 0. The molecular formula is C4H9Cl5OTa. The first-order chi connectivity index (χ1) is 4.47. The van der Waals surface area contributed by atoms with Crippen LogP contribution >= 0.6 is 45.9 Å². The predicted molar refractivity (Wildman–Crippen MR) is 50.2 cm³/mol. The molecule has 0 aromatic heterocycles. The molecule has 1 N–H and O–H groups in total. The van der Waals surface area contributed by atoms with Crippen molar-refractivity contribution in [3.8, 4) is 0 Å². The van der Waals surface area contributed by atoms with Gasteiger partial charge in [0.25, 0.3) is 0 Å². The van der Waals surface area contributed by atoms with Crippen LogP contribution in [0.3, 0.4) is 0 Å². The van der Waals surface area contributed by atoms with Crippen molar-refractivity contribution in [3.63, 3.8) is 0 Å². The van der Waals surface area contributed by atoms with Gasteiger partial charge in [-0.15, -0.1) is 0 Å². The summed E-state index contributed by atoms with van der Waals surface area (Å²) in [6, 6.07) is 0. The van der Waals surface area contributed by atoms with Crippen molar-refractivity contribution in [1.29, 1.82) is 0 Å². The van der Waals surface area contributed by atoms with Crippen LogP contribution in [0.25, 0.3) is 0 Å². The Morgan fingerprint density at radius 3 is 1.64 bits per heavy atom. The van der Waals surface area contributed by atoms with Crippen molar-refractivity contribution in [2.75, 3.05) is 0 Å². The van der Waals surface area contributed by atoms with Crippen LogP contribution in [0.5, 0.6) is 0 Å². The van der Waals surface area contributed by atoms with Crippen molar-refractivity contribution in [2.45, 2.75) is 24.1 Å². The normalized spacial score (nSPS) is 22.1. The van der Waals surface area contributed by atoms with Gasteiger partial charge >= 0.3 is 84.2 Å². The summed E-state index contributed by atoms with van der Waals surface area (Å²) in [6.45, 7) is 1.84. The Labute approximate surface area is 83.4 Å². The van der Waals surface area contributed by atoms with Gasteiger partial charge in [0.1, 0.15) is 0 Å². The van der Waals surface area contributed by atoms with E-state index in [-0.39, 0.29) is 0 Å². The summed E-state index contributed by atoms with van der Waals surface area (Å²) < 4.78 is -1.21. The molecule has 1 atom stereocenters.